The second-order valence-corrected chi connectivity index (χ2v) is 6.34. The third kappa shape index (κ3) is 4.15. The number of nitrogens with one attached hydrogen (secondary N) is 2. The molecule has 0 radical (unpaired) electrons. The zero-order valence-corrected chi connectivity index (χ0v) is 13.0. The molecule has 2 unspecified atom stereocenters. The maximum atomic E-state index is 5.94. The van der Waals surface area contributed by atoms with Gasteiger partial charge in [-0.25, -0.2) is 0 Å². The van der Waals surface area contributed by atoms with E-state index < -0.39 is 0 Å². The normalized spacial score (nSPS) is 21.6. The lowest BCUT2D eigenvalue weighted by atomic mass is 9.99. The molecule has 0 saturated carbocycles. The molecule has 1 aromatic rings. The predicted octanol–water partition coefficient (Wildman–Crippen LogP) is 4.44. The quantitative estimate of drug-likeness (QED) is 0.852. The van der Waals surface area contributed by atoms with Gasteiger partial charge in [0.1, 0.15) is 0 Å². The summed E-state index contributed by atoms with van der Waals surface area (Å²) in [5.74, 6) is 0. The first-order valence-corrected chi connectivity index (χ1v) is 7.77. The summed E-state index contributed by atoms with van der Waals surface area (Å²) in [6, 6.07) is 6.98. The third-order valence-corrected chi connectivity index (χ3v) is 4.27. The summed E-state index contributed by atoms with van der Waals surface area (Å²) in [6.07, 6.45) is 5.14. The predicted molar refractivity (Wildman–Crippen MR) is 82.5 cm³/mol. The first-order valence-electron chi connectivity index (χ1n) is 6.60. The smallest absolute Gasteiger partial charge is 0.0487 e. The van der Waals surface area contributed by atoms with E-state index in [0.717, 1.165) is 21.6 Å². The molecule has 1 fully saturated rings. The molecular formula is C14H20BrClN2. The first-order chi connectivity index (χ1) is 8.65. The molecular weight excluding hydrogens is 312 g/mol. The van der Waals surface area contributed by atoms with E-state index in [1.165, 1.54) is 25.8 Å². The van der Waals surface area contributed by atoms with Crippen molar-refractivity contribution in [3.63, 3.8) is 0 Å². The van der Waals surface area contributed by atoms with Crippen molar-refractivity contribution < 1.29 is 0 Å². The van der Waals surface area contributed by atoms with Crippen molar-refractivity contribution in [1.29, 1.82) is 0 Å². The molecule has 100 valence electrons. The summed E-state index contributed by atoms with van der Waals surface area (Å²) >= 11 is 9.48. The lowest BCUT2D eigenvalue weighted by Gasteiger charge is -2.27. The van der Waals surface area contributed by atoms with Gasteiger partial charge in [0.25, 0.3) is 0 Å². The van der Waals surface area contributed by atoms with E-state index in [1.54, 1.807) is 0 Å². The van der Waals surface area contributed by atoms with Gasteiger partial charge in [0.2, 0.25) is 0 Å². The number of piperidine rings is 1. The Labute approximate surface area is 123 Å². The Morgan fingerprint density at radius 2 is 2.33 bits per heavy atom. The average Bonchev–Trinajstić information content (AvgIpc) is 2.34. The van der Waals surface area contributed by atoms with Crippen LogP contribution in [0.1, 0.15) is 32.6 Å². The Bertz CT molecular complexity index is 391. The van der Waals surface area contributed by atoms with Gasteiger partial charge in [0.15, 0.2) is 0 Å². The van der Waals surface area contributed by atoms with Crippen LogP contribution in [0.3, 0.4) is 0 Å². The summed E-state index contributed by atoms with van der Waals surface area (Å²) in [5, 5.41) is 7.88. The van der Waals surface area contributed by atoms with E-state index in [1.807, 2.05) is 18.2 Å². The Hall–Kier alpha value is -0.250. The SMILES string of the molecule is CC(CC1CCCCN1)Nc1ccc(Cl)cc1Br. The van der Waals surface area contributed by atoms with Crippen molar-refractivity contribution in [3.05, 3.63) is 27.7 Å². The number of rotatable bonds is 4. The molecule has 1 aliphatic heterocycles. The van der Waals surface area contributed by atoms with Gasteiger partial charge in [-0.3, -0.25) is 0 Å². The van der Waals surface area contributed by atoms with Gasteiger partial charge >= 0.3 is 0 Å². The second-order valence-electron chi connectivity index (χ2n) is 5.05. The van der Waals surface area contributed by atoms with Gasteiger partial charge in [0, 0.05) is 27.3 Å². The van der Waals surface area contributed by atoms with Crippen LogP contribution in [-0.2, 0) is 0 Å². The fraction of sp³-hybridized carbons (Fsp3) is 0.571. The fourth-order valence-electron chi connectivity index (χ4n) is 2.48. The van der Waals surface area contributed by atoms with Crippen molar-refractivity contribution in [2.75, 3.05) is 11.9 Å². The summed E-state index contributed by atoms with van der Waals surface area (Å²) in [5.41, 5.74) is 1.11. The molecule has 1 aliphatic rings. The molecule has 1 heterocycles. The molecule has 0 spiro atoms. The standard InChI is InChI=1S/C14H20BrClN2/c1-10(8-12-4-2-3-7-17-12)18-14-6-5-11(16)9-13(14)15/h5-6,9-10,12,17-18H,2-4,7-8H2,1H3. The topological polar surface area (TPSA) is 24.1 Å². The van der Waals surface area contributed by atoms with Crippen molar-refractivity contribution in [2.24, 2.45) is 0 Å². The largest absolute Gasteiger partial charge is 0.382 e. The van der Waals surface area contributed by atoms with Crippen LogP contribution in [0.2, 0.25) is 5.02 Å². The van der Waals surface area contributed by atoms with Crippen LogP contribution in [0.15, 0.2) is 22.7 Å². The minimum absolute atomic E-state index is 0.457. The first kappa shape index (κ1) is 14.2. The summed E-state index contributed by atoms with van der Waals surface area (Å²) < 4.78 is 1.03. The van der Waals surface area contributed by atoms with Crippen LogP contribution in [0, 0.1) is 0 Å². The van der Waals surface area contributed by atoms with E-state index in [-0.39, 0.29) is 0 Å². The van der Waals surface area contributed by atoms with Crippen LogP contribution in [-0.4, -0.2) is 18.6 Å². The molecule has 2 nitrogen and oxygen atoms in total. The Morgan fingerprint density at radius 1 is 1.50 bits per heavy atom. The van der Waals surface area contributed by atoms with Crippen LogP contribution in [0.4, 0.5) is 5.69 Å². The molecule has 2 rings (SSSR count). The van der Waals surface area contributed by atoms with E-state index >= 15 is 0 Å². The lowest BCUT2D eigenvalue weighted by molar-refractivity contribution is 0.371. The highest BCUT2D eigenvalue weighted by molar-refractivity contribution is 9.10. The van der Waals surface area contributed by atoms with Gasteiger partial charge < -0.3 is 10.6 Å². The van der Waals surface area contributed by atoms with Gasteiger partial charge in [-0.2, -0.15) is 0 Å². The molecule has 0 aromatic heterocycles. The number of hydrogen-bond donors (Lipinski definition) is 2. The van der Waals surface area contributed by atoms with Gasteiger partial charge in [0.05, 0.1) is 0 Å². The maximum Gasteiger partial charge on any atom is 0.0487 e. The van der Waals surface area contributed by atoms with Gasteiger partial charge in [-0.1, -0.05) is 18.0 Å². The van der Waals surface area contributed by atoms with Crippen molar-refractivity contribution >= 4 is 33.2 Å². The Balaban J connectivity index is 1.87. The van der Waals surface area contributed by atoms with Crippen LogP contribution in [0.5, 0.6) is 0 Å². The summed E-state index contributed by atoms with van der Waals surface area (Å²) in [6.45, 7) is 3.40. The molecule has 0 bridgehead atoms. The van der Waals surface area contributed by atoms with Crippen LogP contribution in [0.25, 0.3) is 0 Å². The molecule has 0 amide bonds. The molecule has 4 heteroatoms. The molecule has 2 atom stereocenters. The van der Waals surface area contributed by atoms with Crippen molar-refractivity contribution in [3.8, 4) is 0 Å². The average molecular weight is 332 g/mol. The van der Waals surface area contributed by atoms with Crippen LogP contribution >= 0.6 is 27.5 Å². The highest BCUT2D eigenvalue weighted by Gasteiger charge is 2.16. The second kappa shape index (κ2) is 6.78. The van der Waals surface area contributed by atoms with Crippen molar-refractivity contribution in [1.82, 2.24) is 5.32 Å². The Kier molecular flexibility index (Phi) is 5.34. The highest BCUT2D eigenvalue weighted by atomic mass is 79.9. The minimum atomic E-state index is 0.457. The molecule has 18 heavy (non-hydrogen) atoms. The monoisotopic (exact) mass is 330 g/mol. The summed E-state index contributed by atoms with van der Waals surface area (Å²) in [7, 11) is 0. The zero-order chi connectivity index (χ0) is 13.0. The van der Waals surface area contributed by atoms with E-state index in [2.05, 4.69) is 33.5 Å². The minimum Gasteiger partial charge on any atom is -0.382 e. The van der Waals surface area contributed by atoms with Gasteiger partial charge in [-0.15, -0.1) is 0 Å². The van der Waals surface area contributed by atoms with Crippen LogP contribution < -0.4 is 10.6 Å². The van der Waals surface area contributed by atoms with E-state index in [4.69, 9.17) is 11.6 Å². The molecule has 1 saturated heterocycles. The molecule has 0 aliphatic carbocycles. The number of benzene rings is 1. The molecule has 1 aromatic carbocycles. The zero-order valence-electron chi connectivity index (χ0n) is 10.7. The number of halogens is 2. The van der Waals surface area contributed by atoms with E-state index in [9.17, 15) is 0 Å². The van der Waals surface area contributed by atoms with E-state index in [0.29, 0.717) is 12.1 Å². The number of anilines is 1. The highest BCUT2D eigenvalue weighted by Crippen LogP contribution is 2.27. The molecule has 2 N–H and O–H groups in total. The third-order valence-electron chi connectivity index (χ3n) is 3.38. The number of hydrogen-bond acceptors (Lipinski definition) is 2. The maximum absolute atomic E-state index is 5.94. The fourth-order valence-corrected chi connectivity index (χ4v) is 3.28. The van der Waals surface area contributed by atoms with Gasteiger partial charge in [-0.05, 0) is 66.9 Å². The Morgan fingerprint density at radius 3 is 3.00 bits per heavy atom. The summed E-state index contributed by atoms with van der Waals surface area (Å²) in [4.78, 5) is 0. The van der Waals surface area contributed by atoms with Crippen molar-refractivity contribution in [2.45, 2.75) is 44.7 Å². The lowest BCUT2D eigenvalue weighted by Crippen LogP contribution is -2.37.